The summed E-state index contributed by atoms with van der Waals surface area (Å²) in [5.41, 5.74) is 12.2. The monoisotopic (exact) mass is 564 g/mol. The van der Waals surface area contributed by atoms with Crippen molar-refractivity contribution in [3.05, 3.63) is 36.0 Å². The minimum absolute atomic E-state index is 0.0780. The number of aromatic amines is 1. The summed E-state index contributed by atoms with van der Waals surface area (Å²) in [7, 11) is 0. The van der Waals surface area contributed by atoms with Crippen molar-refractivity contribution in [2.45, 2.75) is 49.9 Å². The molecule has 14 nitrogen and oxygen atoms in total. The largest absolute Gasteiger partial charge is 0.481 e. The lowest BCUT2D eigenvalue weighted by Crippen LogP contribution is -2.58. The number of carbonyl (C=O) groups excluding carboxylic acids is 4. The predicted molar refractivity (Wildman–Crippen MR) is 142 cm³/mol. The molecule has 0 radical (unpaired) electrons. The molecule has 0 aliphatic rings. The van der Waals surface area contributed by atoms with Gasteiger partial charge in [0.25, 0.3) is 0 Å². The summed E-state index contributed by atoms with van der Waals surface area (Å²) >= 11 is 1.40. The first-order chi connectivity index (χ1) is 18.4. The van der Waals surface area contributed by atoms with E-state index in [4.69, 9.17) is 16.6 Å². The number of hydrogen-bond acceptors (Lipinski definition) is 8. The molecule has 0 saturated heterocycles. The van der Waals surface area contributed by atoms with Crippen LogP contribution in [0.2, 0.25) is 0 Å². The van der Waals surface area contributed by atoms with Crippen LogP contribution in [0.25, 0.3) is 10.9 Å². The van der Waals surface area contributed by atoms with E-state index >= 15 is 0 Å². The van der Waals surface area contributed by atoms with Crippen LogP contribution < -0.4 is 27.4 Å². The molecular formula is C24H32N6O8S. The van der Waals surface area contributed by atoms with Crippen LogP contribution >= 0.6 is 11.8 Å². The molecule has 1 aromatic heterocycles. The lowest BCUT2D eigenvalue weighted by atomic mass is 10.0. The number of H-pyrrole nitrogens is 1. The average Bonchev–Trinajstić information content (AvgIpc) is 3.27. The van der Waals surface area contributed by atoms with Gasteiger partial charge < -0.3 is 42.6 Å². The third kappa shape index (κ3) is 9.61. The summed E-state index contributed by atoms with van der Waals surface area (Å²) in [5, 5.41) is 26.3. The zero-order chi connectivity index (χ0) is 29.1. The fourth-order valence-electron chi connectivity index (χ4n) is 3.74. The van der Waals surface area contributed by atoms with E-state index in [0.29, 0.717) is 11.3 Å². The molecule has 212 valence electrons. The van der Waals surface area contributed by atoms with Crippen molar-refractivity contribution < 1.29 is 39.0 Å². The van der Waals surface area contributed by atoms with Crippen LogP contribution in [0.3, 0.4) is 0 Å². The van der Waals surface area contributed by atoms with Crippen LogP contribution in [0.4, 0.5) is 0 Å². The first-order valence-corrected chi connectivity index (χ1v) is 13.3. The summed E-state index contributed by atoms with van der Waals surface area (Å²) in [6.45, 7) is 0. The molecule has 0 bridgehead atoms. The Morgan fingerprint density at radius 2 is 1.54 bits per heavy atom. The molecule has 0 spiro atoms. The first kappa shape index (κ1) is 31.1. The average molecular weight is 565 g/mol. The SMILES string of the molecule is CSCC[C@H](NC(=O)[C@@H](N)CC(N)=O)C(=O)N[C@@H](Cc1c[nH]c2ccccc12)C(=O)N[C@@H](CC(=O)O)C(=O)O. The van der Waals surface area contributed by atoms with Gasteiger partial charge in [0.05, 0.1) is 18.9 Å². The van der Waals surface area contributed by atoms with E-state index in [2.05, 4.69) is 20.9 Å². The molecule has 0 fully saturated rings. The van der Waals surface area contributed by atoms with Crippen LogP contribution in [0.15, 0.2) is 30.5 Å². The molecule has 1 aromatic carbocycles. The van der Waals surface area contributed by atoms with Crippen molar-refractivity contribution in [1.29, 1.82) is 0 Å². The van der Waals surface area contributed by atoms with Gasteiger partial charge in [-0.25, -0.2) is 4.79 Å². The molecule has 0 aliphatic heterocycles. The molecule has 10 N–H and O–H groups in total. The smallest absolute Gasteiger partial charge is 0.326 e. The normalized spacial score (nSPS) is 14.0. The van der Waals surface area contributed by atoms with E-state index in [-0.39, 0.29) is 12.8 Å². The van der Waals surface area contributed by atoms with Gasteiger partial charge in [0.1, 0.15) is 18.1 Å². The molecule has 4 amide bonds. The number of carbonyl (C=O) groups is 6. The van der Waals surface area contributed by atoms with Crippen molar-refractivity contribution in [3.63, 3.8) is 0 Å². The van der Waals surface area contributed by atoms with Crippen LogP contribution in [0.1, 0.15) is 24.8 Å². The summed E-state index contributed by atoms with van der Waals surface area (Å²) < 4.78 is 0. The van der Waals surface area contributed by atoms with Crippen LogP contribution in [-0.4, -0.2) is 86.9 Å². The van der Waals surface area contributed by atoms with Gasteiger partial charge in [-0.3, -0.25) is 24.0 Å². The van der Waals surface area contributed by atoms with Gasteiger partial charge in [-0.15, -0.1) is 0 Å². The van der Waals surface area contributed by atoms with Crippen LogP contribution in [-0.2, 0) is 35.2 Å². The molecular weight excluding hydrogens is 532 g/mol. The van der Waals surface area contributed by atoms with E-state index in [0.717, 1.165) is 10.9 Å². The topological polar surface area (TPSA) is 247 Å². The first-order valence-electron chi connectivity index (χ1n) is 11.9. The zero-order valence-electron chi connectivity index (χ0n) is 21.1. The predicted octanol–water partition coefficient (Wildman–Crippen LogP) is -1.32. The minimum Gasteiger partial charge on any atom is -0.481 e. The Morgan fingerprint density at radius 1 is 0.923 bits per heavy atom. The number of amides is 4. The maximum atomic E-state index is 13.3. The van der Waals surface area contributed by atoms with Gasteiger partial charge in [0.15, 0.2) is 0 Å². The highest BCUT2D eigenvalue weighted by atomic mass is 32.2. The van der Waals surface area contributed by atoms with E-state index in [9.17, 15) is 33.9 Å². The Kier molecular flexibility index (Phi) is 11.7. The number of carboxylic acids is 2. The molecule has 0 unspecified atom stereocenters. The lowest BCUT2D eigenvalue weighted by Gasteiger charge is -2.25. The van der Waals surface area contributed by atoms with Crippen LogP contribution in [0.5, 0.6) is 0 Å². The number of aromatic nitrogens is 1. The van der Waals surface area contributed by atoms with Crippen LogP contribution in [0, 0.1) is 0 Å². The molecule has 39 heavy (non-hydrogen) atoms. The Labute approximate surface area is 227 Å². The van der Waals surface area contributed by atoms with Gasteiger partial charge in [0.2, 0.25) is 23.6 Å². The van der Waals surface area contributed by atoms with Crippen molar-refractivity contribution >= 4 is 58.2 Å². The number of nitrogens with two attached hydrogens (primary N) is 2. The second-order valence-electron chi connectivity index (χ2n) is 8.74. The van der Waals surface area contributed by atoms with Crippen molar-refractivity contribution in [1.82, 2.24) is 20.9 Å². The number of nitrogens with one attached hydrogen (secondary N) is 4. The summed E-state index contributed by atoms with van der Waals surface area (Å²) in [6, 6.07) is 1.69. The third-order valence-electron chi connectivity index (χ3n) is 5.73. The zero-order valence-corrected chi connectivity index (χ0v) is 22.0. The van der Waals surface area contributed by atoms with Gasteiger partial charge in [0, 0.05) is 23.5 Å². The Balaban J connectivity index is 2.32. The number of hydrogen-bond donors (Lipinski definition) is 8. The standard InChI is InChI=1S/C24H32N6O8S/c1-39-7-6-16(28-21(34)14(25)9-19(26)31)22(35)29-17(23(36)30-18(24(37)38)10-20(32)33)8-12-11-27-15-5-3-2-4-13(12)15/h2-5,11,14,16-18,27H,6-10,25H2,1H3,(H2,26,31)(H,28,34)(H,29,35)(H,30,36)(H,32,33)(H,37,38)/t14-,16-,17-,18-/m0/s1. The van der Waals surface area contributed by atoms with E-state index < -0.39 is 72.6 Å². The Hall–Kier alpha value is -4.11. The Morgan fingerprint density at radius 3 is 2.15 bits per heavy atom. The molecule has 2 aromatic rings. The third-order valence-corrected chi connectivity index (χ3v) is 6.37. The summed E-state index contributed by atoms with van der Waals surface area (Å²) in [4.78, 5) is 75.7. The molecule has 0 aliphatic carbocycles. The maximum absolute atomic E-state index is 13.3. The van der Waals surface area contributed by atoms with Crippen molar-refractivity contribution in [3.8, 4) is 0 Å². The van der Waals surface area contributed by atoms with Crippen molar-refractivity contribution in [2.75, 3.05) is 12.0 Å². The number of thioether (sulfide) groups is 1. The number of aliphatic carboxylic acids is 2. The van der Waals surface area contributed by atoms with Gasteiger partial charge in [-0.05, 0) is 30.1 Å². The second kappa shape index (κ2) is 14.7. The fourth-order valence-corrected chi connectivity index (χ4v) is 4.21. The highest BCUT2D eigenvalue weighted by molar-refractivity contribution is 7.98. The Bertz CT molecular complexity index is 1220. The number of primary amides is 1. The summed E-state index contributed by atoms with van der Waals surface area (Å²) in [6.07, 6.45) is 2.19. The van der Waals surface area contributed by atoms with E-state index in [1.165, 1.54) is 11.8 Å². The fraction of sp³-hybridized carbons (Fsp3) is 0.417. The molecule has 0 saturated carbocycles. The molecule has 2 rings (SSSR count). The maximum Gasteiger partial charge on any atom is 0.326 e. The summed E-state index contributed by atoms with van der Waals surface area (Å²) in [5.74, 6) is -5.82. The lowest BCUT2D eigenvalue weighted by molar-refractivity contribution is -0.147. The van der Waals surface area contributed by atoms with E-state index in [1.54, 1.807) is 30.7 Å². The number of fused-ring (bicyclic) bond motifs is 1. The highest BCUT2D eigenvalue weighted by Crippen LogP contribution is 2.19. The molecule has 1 heterocycles. The quantitative estimate of drug-likeness (QED) is 0.119. The molecule has 4 atom stereocenters. The molecule has 15 heteroatoms. The highest BCUT2D eigenvalue weighted by Gasteiger charge is 2.31. The van der Waals surface area contributed by atoms with Gasteiger partial charge in [-0.1, -0.05) is 18.2 Å². The van der Waals surface area contributed by atoms with Gasteiger partial charge >= 0.3 is 11.9 Å². The second-order valence-corrected chi connectivity index (χ2v) is 9.73. The number of benzene rings is 1. The van der Waals surface area contributed by atoms with Crippen molar-refractivity contribution in [2.24, 2.45) is 11.5 Å². The number of rotatable bonds is 16. The van der Waals surface area contributed by atoms with Gasteiger partial charge in [-0.2, -0.15) is 11.8 Å². The minimum atomic E-state index is -1.74. The number of carboxylic acid groups (broad SMARTS) is 2. The van der Waals surface area contributed by atoms with E-state index in [1.807, 2.05) is 6.07 Å². The number of para-hydroxylation sites is 1.